The minimum Gasteiger partial charge on any atom is -0.324 e. The van der Waals surface area contributed by atoms with Gasteiger partial charge in [-0.3, -0.25) is 4.79 Å². The first-order valence-electron chi connectivity index (χ1n) is 8.91. The number of carbonyl (C=O) groups is 1. The molecule has 11 heteroatoms. The van der Waals surface area contributed by atoms with Crippen LogP contribution in [0.2, 0.25) is 0 Å². The molecule has 3 rings (SSSR count). The number of nitriles is 2. The summed E-state index contributed by atoms with van der Waals surface area (Å²) in [6.45, 7) is 0. The third-order valence-corrected chi connectivity index (χ3v) is 6.78. The van der Waals surface area contributed by atoms with Crippen molar-refractivity contribution in [2.45, 2.75) is 16.1 Å². The number of carbonyl (C=O) groups excluding carboxylic acids is 1. The molecule has 0 bridgehead atoms. The van der Waals surface area contributed by atoms with Crippen LogP contribution in [0.3, 0.4) is 0 Å². The molecule has 5 nitrogen and oxygen atoms in total. The van der Waals surface area contributed by atoms with E-state index in [2.05, 4.69) is 10.3 Å². The first-order chi connectivity index (χ1) is 15.3. The highest BCUT2D eigenvalue weighted by Crippen LogP contribution is 2.38. The molecule has 0 aliphatic carbocycles. The van der Waals surface area contributed by atoms with Crippen molar-refractivity contribution in [2.24, 2.45) is 0 Å². The normalized spacial score (nSPS) is 10.9. The summed E-state index contributed by atoms with van der Waals surface area (Å²) in [4.78, 5) is 17.9. The lowest BCUT2D eigenvalue weighted by Gasteiger charge is -2.14. The second-order valence-corrected chi connectivity index (χ2v) is 9.03. The lowest BCUT2D eigenvalue weighted by molar-refractivity contribution is -0.138. The summed E-state index contributed by atoms with van der Waals surface area (Å²) in [6.07, 6.45) is -4.74. The van der Waals surface area contributed by atoms with Gasteiger partial charge in [-0.1, -0.05) is 30.0 Å². The topological polar surface area (TPSA) is 89.6 Å². The number of aromatic nitrogens is 1. The van der Waals surface area contributed by atoms with Gasteiger partial charge in [0.1, 0.15) is 11.1 Å². The lowest BCUT2D eigenvalue weighted by Crippen LogP contribution is -2.15. The van der Waals surface area contributed by atoms with Crippen LogP contribution in [0.4, 0.5) is 18.9 Å². The van der Waals surface area contributed by atoms with Crippen LogP contribution in [-0.2, 0) is 11.0 Å². The number of hydrogen-bond donors (Lipinski definition) is 1. The fourth-order valence-corrected chi connectivity index (χ4v) is 4.79. The number of thiophene rings is 1. The van der Waals surface area contributed by atoms with E-state index in [4.69, 9.17) is 5.26 Å². The predicted molar refractivity (Wildman–Crippen MR) is 119 cm³/mol. The van der Waals surface area contributed by atoms with E-state index in [1.54, 1.807) is 47.8 Å². The zero-order chi connectivity index (χ0) is 23.1. The molecular weight excluding hydrogens is 477 g/mol. The quantitative estimate of drug-likeness (QED) is 0.406. The van der Waals surface area contributed by atoms with Gasteiger partial charge in [0.2, 0.25) is 5.91 Å². The van der Waals surface area contributed by atoms with Gasteiger partial charge in [-0.25, -0.2) is 4.98 Å². The molecule has 0 saturated heterocycles. The Morgan fingerprint density at radius 3 is 2.59 bits per heavy atom. The number of thioether (sulfide) groups is 2. The minimum atomic E-state index is -4.74. The highest BCUT2D eigenvalue weighted by molar-refractivity contribution is 8.00. The zero-order valence-corrected chi connectivity index (χ0v) is 18.6. The zero-order valence-electron chi connectivity index (χ0n) is 16.1. The van der Waals surface area contributed by atoms with Crippen LogP contribution in [0.15, 0.2) is 57.8 Å². The number of pyridine rings is 1. The highest BCUT2D eigenvalue weighted by Gasteiger charge is 2.36. The Hall–Kier alpha value is -2.99. The Morgan fingerprint density at radius 2 is 1.94 bits per heavy atom. The number of nitrogens with one attached hydrogen (secondary N) is 1. The van der Waals surface area contributed by atoms with Gasteiger partial charge in [0, 0.05) is 4.90 Å². The van der Waals surface area contributed by atoms with Gasteiger partial charge in [-0.05, 0) is 29.6 Å². The van der Waals surface area contributed by atoms with E-state index < -0.39 is 23.2 Å². The van der Waals surface area contributed by atoms with Crippen LogP contribution in [0.25, 0.3) is 10.6 Å². The van der Waals surface area contributed by atoms with Gasteiger partial charge >= 0.3 is 6.18 Å². The maximum atomic E-state index is 13.6. The number of halogens is 3. The van der Waals surface area contributed by atoms with Gasteiger partial charge < -0.3 is 5.32 Å². The first-order valence-corrected chi connectivity index (χ1v) is 11.8. The van der Waals surface area contributed by atoms with E-state index in [1.165, 1.54) is 23.1 Å². The number of alkyl halides is 3. The van der Waals surface area contributed by atoms with Gasteiger partial charge in [-0.15, -0.1) is 23.1 Å². The molecule has 1 N–H and O–H groups in total. The third kappa shape index (κ3) is 5.82. The number of rotatable bonds is 7. The Bertz CT molecular complexity index is 1200. The van der Waals surface area contributed by atoms with Crippen LogP contribution < -0.4 is 5.32 Å². The second-order valence-electron chi connectivity index (χ2n) is 6.10. The molecule has 1 aromatic carbocycles. The molecular formula is C21H13F3N4OS3. The van der Waals surface area contributed by atoms with E-state index in [1.807, 2.05) is 6.07 Å². The molecule has 1 amide bonds. The number of nitrogens with zero attached hydrogens (tertiary/aromatic N) is 3. The van der Waals surface area contributed by atoms with Crippen LogP contribution >= 0.6 is 34.9 Å². The standard InChI is InChI=1S/C21H13F3N4OS3/c22-21(23,24)14-10-16(18-6-3-8-30-18)28-20(13(14)11-26)32-12-19(29)27-15-4-1-2-5-17(15)31-9-7-25/h1-6,8,10H,9,12H2,(H,27,29). The number of para-hydroxylation sites is 1. The van der Waals surface area contributed by atoms with Crippen molar-refractivity contribution in [3.63, 3.8) is 0 Å². The average molecular weight is 491 g/mol. The SMILES string of the molecule is N#CCSc1ccccc1NC(=O)CSc1nc(-c2cccs2)cc(C(F)(F)F)c1C#N. The Morgan fingerprint density at radius 1 is 1.16 bits per heavy atom. The van der Waals surface area contributed by atoms with Crippen molar-refractivity contribution < 1.29 is 18.0 Å². The average Bonchev–Trinajstić information content (AvgIpc) is 3.31. The highest BCUT2D eigenvalue weighted by atomic mass is 32.2. The lowest BCUT2D eigenvalue weighted by atomic mass is 10.1. The summed E-state index contributed by atoms with van der Waals surface area (Å²) in [5.41, 5.74) is -1.11. The molecule has 2 aromatic heterocycles. The minimum absolute atomic E-state index is 0.0903. The largest absolute Gasteiger partial charge is 0.417 e. The molecule has 0 unspecified atom stereocenters. The van der Waals surface area contributed by atoms with E-state index in [0.29, 0.717) is 15.5 Å². The smallest absolute Gasteiger partial charge is 0.324 e. The van der Waals surface area contributed by atoms with Crippen molar-refractivity contribution >= 4 is 46.5 Å². The predicted octanol–water partition coefficient (Wildman–Crippen LogP) is 6.05. The summed E-state index contributed by atoms with van der Waals surface area (Å²) < 4.78 is 40.7. The van der Waals surface area contributed by atoms with Gasteiger partial charge in [-0.2, -0.15) is 23.7 Å². The maximum absolute atomic E-state index is 13.6. The molecule has 0 fully saturated rings. The molecule has 0 aliphatic rings. The molecule has 0 saturated carbocycles. The van der Waals surface area contributed by atoms with Crippen LogP contribution in [0.1, 0.15) is 11.1 Å². The molecule has 2 heterocycles. The Balaban J connectivity index is 1.84. The van der Waals surface area contributed by atoms with Crippen molar-refractivity contribution in [3.8, 4) is 22.7 Å². The van der Waals surface area contributed by atoms with Crippen molar-refractivity contribution in [2.75, 3.05) is 16.8 Å². The van der Waals surface area contributed by atoms with E-state index in [-0.39, 0.29) is 22.2 Å². The fourth-order valence-electron chi connectivity index (χ4n) is 2.63. The van der Waals surface area contributed by atoms with E-state index >= 15 is 0 Å². The van der Waals surface area contributed by atoms with Crippen molar-refractivity contribution in [1.29, 1.82) is 10.5 Å². The monoisotopic (exact) mass is 490 g/mol. The van der Waals surface area contributed by atoms with Gasteiger partial charge in [0.05, 0.1) is 45.0 Å². The molecule has 0 aliphatic heterocycles. The molecule has 32 heavy (non-hydrogen) atoms. The summed E-state index contributed by atoms with van der Waals surface area (Å²) in [7, 11) is 0. The van der Waals surface area contributed by atoms with Crippen molar-refractivity contribution in [1.82, 2.24) is 4.98 Å². The number of benzene rings is 1. The fraction of sp³-hybridized carbons (Fsp3) is 0.143. The Labute approximate surface area is 194 Å². The van der Waals surface area contributed by atoms with Gasteiger partial charge in [0.15, 0.2) is 0 Å². The summed E-state index contributed by atoms with van der Waals surface area (Å²) in [5.74, 6) is -0.516. The molecule has 0 spiro atoms. The van der Waals surface area contributed by atoms with Gasteiger partial charge in [0.25, 0.3) is 0 Å². The number of hydrogen-bond acceptors (Lipinski definition) is 7. The van der Waals surface area contributed by atoms with Crippen molar-refractivity contribution in [3.05, 3.63) is 59.0 Å². The first kappa shape index (κ1) is 23.7. The Kier molecular flexibility index (Phi) is 7.80. The number of amides is 1. The summed E-state index contributed by atoms with van der Waals surface area (Å²) >= 11 is 3.24. The number of anilines is 1. The van der Waals surface area contributed by atoms with E-state index in [0.717, 1.165) is 17.8 Å². The summed E-state index contributed by atoms with van der Waals surface area (Å²) in [6, 6.07) is 14.7. The second kappa shape index (κ2) is 10.6. The van der Waals surface area contributed by atoms with E-state index in [9.17, 15) is 23.2 Å². The van der Waals surface area contributed by atoms with Crippen LogP contribution in [-0.4, -0.2) is 22.4 Å². The molecule has 0 radical (unpaired) electrons. The van der Waals surface area contributed by atoms with Crippen LogP contribution in [0, 0.1) is 22.7 Å². The maximum Gasteiger partial charge on any atom is 0.417 e. The van der Waals surface area contributed by atoms with Crippen LogP contribution in [0.5, 0.6) is 0 Å². The third-order valence-electron chi connectivity index (χ3n) is 3.97. The molecule has 162 valence electrons. The molecule has 0 atom stereocenters. The molecule has 3 aromatic rings. The summed E-state index contributed by atoms with van der Waals surface area (Å²) in [5, 5.41) is 22.4.